The molecule has 2 heterocycles. The lowest BCUT2D eigenvalue weighted by molar-refractivity contribution is 0.542. The molecule has 2 aromatic heterocycles. The smallest absolute Gasteiger partial charge is 0.137 e. The zero-order valence-corrected chi connectivity index (χ0v) is 13.9. The van der Waals surface area contributed by atoms with E-state index in [0.717, 1.165) is 28.5 Å². The van der Waals surface area contributed by atoms with Crippen molar-refractivity contribution in [1.29, 1.82) is 0 Å². The van der Waals surface area contributed by atoms with Gasteiger partial charge in [-0.25, -0.2) is 15.0 Å². The SMILES string of the molecule is CN(Cc1cscn1)c1cc(Br)nc(C(C)(C)C)n1. The Balaban J connectivity index is 2.26. The second-order valence-electron chi connectivity index (χ2n) is 5.46. The van der Waals surface area contributed by atoms with Crippen molar-refractivity contribution in [3.63, 3.8) is 0 Å². The number of aromatic nitrogens is 3. The molecule has 4 nitrogen and oxygen atoms in total. The minimum Gasteiger partial charge on any atom is -0.354 e. The van der Waals surface area contributed by atoms with Crippen LogP contribution in [0, 0.1) is 0 Å². The predicted molar refractivity (Wildman–Crippen MR) is 82.7 cm³/mol. The van der Waals surface area contributed by atoms with Crippen LogP contribution in [0.1, 0.15) is 32.3 Å². The number of halogens is 1. The summed E-state index contributed by atoms with van der Waals surface area (Å²) in [5.74, 6) is 1.74. The summed E-state index contributed by atoms with van der Waals surface area (Å²) in [7, 11) is 2.01. The molecular weight excluding hydrogens is 324 g/mol. The standard InChI is InChI=1S/C13H17BrN4S/c1-13(2,3)12-16-10(14)5-11(17-12)18(4)6-9-7-19-8-15-9/h5,7-8H,6H2,1-4H3. The van der Waals surface area contributed by atoms with Crippen molar-refractivity contribution in [2.45, 2.75) is 32.7 Å². The lowest BCUT2D eigenvalue weighted by Crippen LogP contribution is -2.22. The van der Waals surface area contributed by atoms with Gasteiger partial charge in [0.2, 0.25) is 0 Å². The molecule has 0 aliphatic carbocycles. The lowest BCUT2D eigenvalue weighted by atomic mass is 9.96. The zero-order valence-electron chi connectivity index (χ0n) is 11.5. The van der Waals surface area contributed by atoms with E-state index in [1.807, 2.05) is 18.6 Å². The van der Waals surface area contributed by atoms with Crippen LogP contribution in [-0.4, -0.2) is 22.0 Å². The number of hydrogen-bond donors (Lipinski definition) is 0. The Kier molecular flexibility index (Phi) is 4.20. The third-order valence-electron chi connectivity index (χ3n) is 2.63. The molecule has 0 aromatic carbocycles. The zero-order chi connectivity index (χ0) is 14.0. The number of hydrogen-bond acceptors (Lipinski definition) is 5. The number of thiazole rings is 1. The van der Waals surface area contributed by atoms with E-state index in [1.165, 1.54) is 0 Å². The van der Waals surface area contributed by atoms with E-state index >= 15 is 0 Å². The summed E-state index contributed by atoms with van der Waals surface area (Å²) in [5.41, 5.74) is 2.83. The summed E-state index contributed by atoms with van der Waals surface area (Å²) >= 11 is 5.07. The Hall–Kier alpha value is -1.01. The number of rotatable bonds is 3. The van der Waals surface area contributed by atoms with Crippen LogP contribution in [0.25, 0.3) is 0 Å². The van der Waals surface area contributed by atoms with E-state index in [-0.39, 0.29) is 5.41 Å². The highest BCUT2D eigenvalue weighted by molar-refractivity contribution is 9.10. The fraction of sp³-hybridized carbons (Fsp3) is 0.462. The summed E-state index contributed by atoms with van der Waals surface area (Å²) in [6.45, 7) is 7.08. The molecule has 0 radical (unpaired) electrons. The van der Waals surface area contributed by atoms with Gasteiger partial charge in [0.25, 0.3) is 0 Å². The van der Waals surface area contributed by atoms with Gasteiger partial charge >= 0.3 is 0 Å². The van der Waals surface area contributed by atoms with Crippen molar-refractivity contribution in [2.24, 2.45) is 0 Å². The van der Waals surface area contributed by atoms with Gasteiger partial charge in [-0.2, -0.15) is 0 Å². The highest BCUT2D eigenvalue weighted by atomic mass is 79.9. The topological polar surface area (TPSA) is 41.9 Å². The third-order valence-corrected chi connectivity index (χ3v) is 3.67. The second-order valence-corrected chi connectivity index (χ2v) is 6.99. The molecule has 0 spiro atoms. The van der Waals surface area contributed by atoms with E-state index < -0.39 is 0 Å². The minimum absolute atomic E-state index is 0.0694. The molecule has 0 N–H and O–H groups in total. The Morgan fingerprint density at radius 1 is 1.32 bits per heavy atom. The first-order chi connectivity index (χ1) is 8.86. The molecule has 19 heavy (non-hydrogen) atoms. The maximum absolute atomic E-state index is 4.65. The summed E-state index contributed by atoms with van der Waals surface area (Å²) in [5, 5.41) is 2.05. The molecule has 6 heteroatoms. The van der Waals surface area contributed by atoms with Crippen LogP contribution < -0.4 is 4.90 Å². The third kappa shape index (κ3) is 3.73. The van der Waals surface area contributed by atoms with Crippen LogP contribution in [0.3, 0.4) is 0 Å². The van der Waals surface area contributed by atoms with E-state index in [4.69, 9.17) is 0 Å². The molecule has 0 atom stereocenters. The maximum Gasteiger partial charge on any atom is 0.137 e. The Morgan fingerprint density at radius 2 is 2.05 bits per heavy atom. The van der Waals surface area contributed by atoms with Gasteiger partial charge in [-0.05, 0) is 15.9 Å². The van der Waals surface area contributed by atoms with Crippen LogP contribution in [0.5, 0.6) is 0 Å². The van der Waals surface area contributed by atoms with Crippen LogP contribution in [0.15, 0.2) is 21.6 Å². The predicted octanol–water partition coefficient (Wildman–Crippen LogP) is 3.63. The quantitative estimate of drug-likeness (QED) is 0.800. The molecule has 102 valence electrons. The minimum atomic E-state index is -0.0694. The van der Waals surface area contributed by atoms with E-state index in [0.29, 0.717) is 0 Å². The van der Waals surface area contributed by atoms with Gasteiger partial charge < -0.3 is 4.90 Å². The Morgan fingerprint density at radius 3 is 2.63 bits per heavy atom. The fourth-order valence-electron chi connectivity index (χ4n) is 1.58. The summed E-state index contributed by atoms with van der Waals surface area (Å²) < 4.78 is 0.813. The second kappa shape index (κ2) is 5.54. The van der Waals surface area contributed by atoms with Crippen molar-refractivity contribution in [3.8, 4) is 0 Å². The van der Waals surface area contributed by atoms with Crippen LogP contribution in [0.4, 0.5) is 5.82 Å². The number of nitrogens with zero attached hydrogens (tertiary/aromatic N) is 4. The van der Waals surface area contributed by atoms with Crippen LogP contribution >= 0.6 is 27.3 Å². The average molecular weight is 341 g/mol. The first-order valence-electron chi connectivity index (χ1n) is 5.99. The highest BCUT2D eigenvalue weighted by Gasteiger charge is 2.19. The first-order valence-corrected chi connectivity index (χ1v) is 7.73. The summed E-state index contributed by atoms with van der Waals surface area (Å²) in [4.78, 5) is 15.5. The van der Waals surface area contributed by atoms with Crippen molar-refractivity contribution in [3.05, 3.63) is 33.1 Å². The molecule has 0 bridgehead atoms. The fourth-order valence-corrected chi connectivity index (χ4v) is 2.50. The van der Waals surface area contributed by atoms with Gasteiger partial charge in [0.1, 0.15) is 16.2 Å². The molecule has 0 saturated heterocycles. The van der Waals surface area contributed by atoms with Gasteiger partial charge in [0.15, 0.2) is 0 Å². The lowest BCUT2D eigenvalue weighted by Gasteiger charge is -2.22. The van der Waals surface area contributed by atoms with Crippen LogP contribution in [-0.2, 0) is 12.0 Å². The van der Waals surface area contributed by atoms with Gasteiger partial charge in [-0.15, -0.1) is 11.3 Å². The molecule has 2 aromatic rings. The van der Waals surface area contributed by atoms with Crippen molar-refractivity contribution in [1.82, 2.24) is 15.0 Å². The van der Waals surface area contributed by atoms with Crippen molar-refractivity contribution in [2.75, 3.05) is 11.9 Å². The van der Waals surface area contributed by atoms with Crippen LogP contribution in [0.2, 0.25) is 0 Å². The molecule has 2 rings (SSSR count). The summed E-state index contributed by atoms with van der Waals surface area (Å²) in [6, 6.07) is 1.93. The van der Waals surface area contributed by atoms with E-state index in [9.17, 15) is 0 Å². The van der Waals surface area contributed by atoms with Crippen molar-refractivity contribution < 1.29 is 0 Å². The van der Waals surface area contributed by atoms with E-state index in [2.05, 4.69) is 61.9 Å². The van der Waals surface area contributed by atoms with Gasteiger partial charge in [0, 0.05) is 23.9 Å². The largest absolute Gasteiger partial charge is 0.354 e. The number of anilines is 1. The molecule has 0 aliphatic rings. The molecule has 0 amide bonds. The molecular formula is C13H17BrN4S. The Bertz CT molecular complexity index is 548. The average Bonchev–Trinajstić information content (AvgIpc) is 2.79. The van der Waals surface area contributed by atoms with E-state index in [1.54, 1.807) is 11.3 Å². The molecule has 0 unspecified atom stereocenters. The van der Waals surface area contributed by atoms with Crippen molar-refractivity contribution >= 4 is 33.1 Å². The molecule has 0 aliphatic heterocycles. The van der Waals surface area contributed by atoms with Gasteiger partial charge in [0.05, 0.1) is 17.7 Å². The Labute approximate surface area is 126 Å². The normalized spacial score (nSPS) is 11.6. The highest BCUT2D eigenvalue weighted by Crippen LogP contribution is 2.24. The first kappa shape index (κ1) is 14.4. The van der Waals surface area contributed by atoms with Gasteiger partial charge in [-0.3, -0.25) is 0 Å². The molecule has 0 saturated carbocycles. The maximum atomic E-state index is 4.65. The summed E-state index contributed by atoms with van der Waals surface area (Å²) in [6.07, 6.45) is 0. The monoisotopic (exact) mass is 340 g/mol. The molecule has 0 fully saturated rings. The van der Waals surface area contributed by atoms with Gasteiger partial charge in [-0.1, -0.05) is 20.8 Å².